The predicted octanol–water partition coefficient (Wildman–Crippen LogP) is 0.221. The molecule has 5 nitrogen and oxygen atoms in total. The maximum absolute atomic E-state index is 5.50. The largest absolute Gasteiger partial charge is 0.325 e. The Bertz CT molecular complexity index is 309. The van der Waals surface area contributed by atoms with Gasteiger partial charge >= 0.3 is 0 Å². The fraction of sp³-hybridized carbons (Fsp3) is 0.800. The molecule has 1 saturated heterocycles. The van der Waals surface area contributed by atoms with Crippen LogP contribution >= 0.6 is 0 Å². The molecule has 84 valence electrons. The first-order valence-corrected chi connectivity index (χ1v) is 5.59. The van der Waals surface area contributed by atoms with Crippen LogP contribution in [-0.4, -0.2) is 39.5 Å². The lowest BCUT2D eigenvalue weighted by Gasteiger charge is -2.32. The summed E-state index contributed by atoms with van der Waals surface area (Å²) < 4.78 is 1.91. The molecule has 5 heteroatoms. The number of hydrogen-bond donors (Lipinski definition) is 1. The number of nitrogens with two attached hydrogens (primary N) is 1. The lowest BCUT2D eigenvalue weighted by molar-refractivity contribution is 0.162. The van der Waals surface area contributed by atoms with Crippen molar-refractivity contribution in [3.05, 3.63) is 11.9 Å². The highest BCUT2D eigenvalue weighted by Crippen LogP contribution is 2.16. The van der Waals surface area contributed by atoms with Gasteiger partial charge in [0.15, 0.2) is 0 Å². The number of piperidine rings is 1. The van der Waals surface area contributed by atoms with Gasteiger partial charge in [-0.1, -0.05) is 11.6 Å². The van der Waals surface area contributed by atoms with Gasteiger partial charge in [-0.15, -0.1) is 5.10 Å². The SMILES string of the molecule is CN1CCCC[C@H]1Cn1cc(CN)nn1. The molecular weight excluding hydrogens is 190 g/mol. The van der Waals surface area contributed by atoms with E-state index in [9.17, 15) is 0 Å². The van der Waals surface area contributed by atoms with E-state index >= 15 is 0 Å². The van der Waals surface area contributed by atoms with Crippen LogP contribution in [0.5, 0.6) is 0 Å². The van der Waals surface area contributed by atoms with E-state index in [1.165, 1.54) is 25.8 Å². The van der Waals surface area contributed by atoms with Gasteiger partial charge in [0.05, 0.1) is 12.2 Å². The van der Waals surface area contributed by atoms with Crippen molar-refractivity contribution in [3.8, 4) is 0 Å². The van der Waals surface area contributed by atoms with Crippen molar-refractivity contribution in [1.29, 1.82) is 0 Å². The van der Waals surface area contributed by atoms with E-state index in [0.29, 0.717) is 12.6 Å². The van der Waals surface area contributed by atoms with E-state index in [1.54, 1.807) is 0 Å². The van der Waals surface area contributed by atoms with E-state index in [-0.39, 0.29) is 0 Å². The molecule has 0 amide bonds. The number of hydrogen-bond acceptors (Lipinski definition) is 4. The van der Waals surface area contributed by atoms with Crippen molar-refractivity contribution in [1.82, 2.24) is 19.9 Å². The molecule has 1 aromatic heterocycles. The maximum Gasteiger partial charge on any atom is 0.0962 e. The van der Waals surface area contributed by atoms with Gasteiger partial charge in [-0.3, -0.25) is 4.68 Å². The zero-order chi connectivity index (χ0) is 10.7. The van der Waals surface area contributed by atoms with Crippen LogP contribution in [-0.2, 0) is 13.1 Å². The first-order valence-electron chi connectivity index (χ1n) is 5.59. The summed E-state index contributed by atoms with van der Waals surface area (Å²) >= 11 is 0. The molecule has 1 aliphatic heterocycles. The minimum Gasteiger partial charge on any atom is -0.325 e. The Hall–Kier alpha value is -0.940. The van der Waals surface area contributed by atoms with Crippen molar-refractivity contribution in [2.45, 2.75) is 38.4 Å². The molecular formula is C10H19N5. The van der Waals surface area contributed by atoms with Crippen molar-refractivity contribution in [2.24, 2.45) is 5.73 Å². The number of rotatable bonds is 3. The Balaban J connectivity index is 1.95. The standard InChI is InChI=1S/C10H19N5/c1-14-5-3-2-4-10(14)8-15-7-9(6-11)12-13-15/h7,10H,2-6,8,11H2,1H3/t10-/m0/s1. The molecule has 2 N–H and O–H groups in total. The van der Waals surface area contributed by atoms with Gasteiger partial charge in [0.1, 0.15) is 0 Å². The molecule has 1 atom stereocenters. The summed E-state index contributed by atoms with van der Waals surface area (Å²) in [6.07, 6.45) is 5.85. The van der Waals surface area contributed by atoms with Gasteiger partial charge in [0.25, 0.3) is 0 Å². The number of nitrogens with zero attached hydrogens (tertiary/aromatic N) is 4. The van der Waals surface area contributed by atoms with Crippen molar-refractivity contribution >= 4 is 0 Å². The van der Waals surface area contributed by atoms with Crippen LogP contribution in [0.3, 0.4) is 0 Å². The average molecular weight is 209 g/mol. The molecule has 0 unspecified atom stereocenters. The zero-order valence-corrected chi connectivity index (χ0v) is 9.26. The van der Waals surface area contributed by atoms with Crippen LogP contribution in [0.2, 0.25) is 0 Å². The molecule has 1 aliphatic rings. The molecule has 2 rings (SSSR count). The quantitative estimate of drug-likeness (QED) is 0.773. The number of likely N-dealkylation sites (tertiary alicyclic amines) is 1. The first kappa shape index (κ1) is 10.6. The summed E-state index contributed by atoms with van der Waals surface area (Å²) in [7, 11) is 2.19. The van der Waals surface area contributed by atoms with Crippen LogP contribution in [0.4, 0.5) is 0 Å². The third-order valence-electron chi connectivity index (χ3n) is 3.11. The maximum atomic E-state index is 5.50. The number of aromatic nitrogens is 3. The van der Waals surface area contributed by atoms with E-state index in [4.69, 9.17) is 5.73 Å². The Morgan fingerprint density at radius 2 is 2.40 bits per heavy atom. The average Bonchev–Trinajstić information content (AvgIpc) is 2.69. The van der Waals surface area contributed by atoms with Crippen molar-refractivity contribution < 1.29 is 0 Å². The molecule has 0 bridgehead atoms. The fourth-order valence-corrected chi connectivity index (χ4v) is 2.11. The van der Waals surface area contributed by atoms with Gasteiger partial charge in [0.2, 0.25) is 0 Å². The minimum absolute atomic E-state index is 0.473. The van der Waals surface area contributed by atoms with Crippen LogP contribution in [0.25, 0.3) is 0 Å². The van der Waals surface area contributed by atoms with Crippen LogP contribution in [0, 0.1) is 0 Å². The Morgan fingerprint density at radius 1 is 1.53 bits per heavy atom. The first-order chi connectivity index (χ1) is 7.29. The topological polar surface area (TPSA) is 60.0 Å². The van der Waals surface area contributed by atoms with Gasteiger partial charge in [-0.25, -0.2) is 0 Å². The molecule has 0 radical (unpaired) electrons. The lowest BCUT2D eigenvalue weighted by atomic mass is 10.0. The lowest BCUT2D eigenvalue weighted by Crippen LogP contribution is -2.39. The monoisotopic (exact) mass is 209 g/mol. The second-order valence-corrected chi connectivity index (χ2v) is 4.27. The Morgan fingerprint density at radius 3 is 3.07 bits per heavy atom. The molecule has 0 aromatic carbocycles. The van der Waals surface area contributed by atoms with Crippen LogP contribution < -0.4 is 5.73 Å². The molecule has 1 aromatic rings. The smallest absolute Gasteiger partial charge is 0.0962 e. The molecule has 0 saturated carbocycles. The highest BCUT2D eigenvalue weighted by Gasteiger charge is 2.19. The highest BCUT2D eigenvalue weighted by atomic mass is 15.4. The third-order valence-corrected chi connectivity index (χ3v) is 3.11. The third kappa shape index (κ3) is 2.54. The molecule has 0 aliphatic carbocycles. The molecule has 1 fully saturated rings. The summed E-state index contributed by atoms with van der Waals surface area (Å²) in [5.74, 6) is 0. The Labute approximate surface area is 90.2 Å². The highest BCUT2D eigenvalue weighted by molar-refractivity contribution is 4.91. The Kier molecular flexibility index (Phi) is 3.33. The van der Waals surface area contributed by atoms with Crippen LogP contribution in [0.1, 0.15) is 25.0 Å². The molecule has 0 spiro atoms. The minimum atomic E-state index is 0.473. The summed E-state index contributed by atoms with van der Waals surface area (Å²) in [6.45, 7) is 2.60. The van der Waals surface area contributed by atoms with Crippen molar-refractivity contribution in [2.75, 3.05) is 13.6 Å². The molecule has 15 heavy (non-hydrogen) atoms. The van der Waals surface area contributed by atoms with E-state index in [1.807, 2.05) is 10.9 Å². The van der Waals surface area contributed by atoms with E-state index in [0.717, 1.165) is 12.2 Å². The summed E-state index contributed by atoms with van der Waals surface area (Å²) in [5, 5.41) is 8.07. The van der Waals surface area contributed by atoms with Gasteiger partial charge < -0.3 is 10.6 Å². The van der Waals surface area contributed by atoms with Crippen LogP contribution in [0.15, 0.2) is 6.20 Å². The second-order valence-electron chi connectivity index (χ2n) is 4.27. The normalized spacial score (nSPS) is 23.2. The summed E-state index contributed by atoms with van der Waals surface area (Å²) in [6, 6.07) is 0.603. The number of likely N-dealkylation sites (N-methyl/N-ethyl adjacent to an activating group) is 1. The van der Waals surface area contributed by atoms with Gasteiger partial charge in [0, 0.05) is 18.8 Å². The predicted molar refractivity (Wildman–Crippen MR) is 58.2 cm³/mol. The van der Waals surface area contributed by atoms with Gasteiger partial charge in [-0.05, 0) is 26.4 Å². The second kappa shape index (κ2) is 4.72. The summed E-state index contributed by atoms with van der Waals surface area (Å²) in [5.41, 5.74) is 6.37. The van der Waals surface area contributed by atoms with Crippen molar-refractivity contribution in [3.63, 3.8) is 0 Å². The zero-order valence-electron chi connectivity index (χ0n) is 9.26. The van der Waals surface area contributed by atoms with Gasteiger partial charge in [-0.2, -0.15) is 0 Å². The summed E-state index contributed by atoms with van der Waals surface area (Å²) in [4.78, 5) is 2.41. The fourth-order valence-electron chi connectivity index (χ4n) is 2.11. The van der Waals surface area contributed by atoms with E-state index in [2.05, 4.69) is 22.3 Å². The van der Waals surface area contributed by atoms with E-state index < -0.39 is 0 Å². The molecule has 2 heterocycles.